The molecule has 0 spiro atoms. The van der Waals surface area contributed by atoms with Gasteiger partial charge in [-0.05, 0) is 25.1 Å². The number of nitrogens with one attached hydrogen (secondary N) is 1. The van der Waals surface area contributed by atoms with Crippen molar-refractivity contribution in [3.05, 3.63) is 29.0 Å². The van der Waals surface area contributed by atoms with Crippen LogP contribution in [0, 0.1) is 5.82 Å². The number of benzene rings is 1. The topological polar surface area (TPSA) is 32.3 Å². The largest absolute Gasteiger partial charge is 0.320 e. The van der Waals surface area contributed by atoms with Crippen LogP contribution in [0.3, 0.4) is 0 Å². The number of anilines is 1. The van der Waals surface area contributed by atoms with Gasteiger partial charge in [-0.25, -0.2) is 4.39 Å². The van der Waals surface area contributed by atoms with E-state index in [9.17, 15) is 9.18 Å². The van der Waals surface area contributed by atoms with Gasteiger partial charge in [-0.2, -0.15) is 0 Å². The van der Waals surface area contributed by atoms with Crippen LogP contribution in [-0.2, 0) is 4.79 Å². The normalized spacial score (nSPS) is 29.2. The molecule has 1 amide bonds. The van der Waals surface area contributed by atoms with Crippen LogP contribution in [0.5, 0.6) is 0 Å². The summed E-state index contributed by atoms with van der Waals surface area (Å²) in [5, 5.41) is 3.08. The Hall–Kier alpha value is -1.17. The van der Waals surface area contributed by atoms with Crippen LogP contribution in [0.4, 0.5) is 10.1 Å². The summed E-state index contributed by atoms with van der Waals surface area (Å²) in [5.41, 5.74) is 0.476. The van der Waals surface area contributed by atoms with Crippen molar-refractivity contribution in [1.29, 1.82) is 0 Å². The molecule has 1 aromatic rings. The second-order valence-electron chi connectivity index (χ2n) is 6.02. The molecule has 2 bridgehead atoms. The fourth-order valence-corrected chi connectivity index (χ4v) is 3.56. The summed E-state index contributed by atoms with van der Waals surface area (Å²) in [6.45, 7) is 8.23. The van der Waals surface area contributed by atoms with E-state index in [0.29, 0.717) is 5.69 Å². The third-order valence-corrected chi connectivity index (χ3v) is 5.29. The predicted octanol–water partition coefficient (Wildman–Crippen LogP) is 1.95. The number of halogens is 2. The van der Waals surface area contributed by atoms with Crippen LogP contribution in [-0.4, -0.2) is 60.6 Å². The van der Waals surface area contributed by atoms with E-state index in [-0.39, 0.29) is 17.0 Å². The van der Waals surface area contributed by atoms with E-state index >= 15 is 0 Å². The smallest absolute Gasteiger partial charge is 0.282 e. The van der Waals surface area contributed by atoms with Gasteiger partial charge in [0, 0.05) is 19.6 Å². The first kappa shape index (κ1) is 14.8. The standard InChI is InChI=1S/C15H19ClFN3O/c1-11(20-7-4-19(5-8-20)6-9-20)15(21)18-14-3-2-12(17)10-13(14)16/h2-3,10-11H,4-9H2,1H3/p+1/t11-/m1/s1. The average Bonchev–Trinajstić information content (AvgIpc) is 2.51. The summed E-state index contributed by atoms with van der Waals surface area (Å²) in [5.74, 6) is -0.445. The van der Waals surface area contributed by atoms with E-state index in [2.05, 4.69) is 10.2 Å². The number of carbonyl (C=O) groups is 1. The molecule has 1 aromatic carbocycles. The summed E-state index contributed by atoms with van der Waals surface area (Å²) in [7, 11) is 0. The molecule has 0 aliphatic carbocycles. The summed E-state index contributed by atoms with van der Waals surface area (Å²) < 4.78 is 13.9. The van der Waals surface area contributed by atoms with Gasteiger partial charge in [-0.15, -0.1) is 0 Å². The lowest BCUT2D eigenvalue weighted by atomic mass is 10.1. The number of piperazine rings is 3. The maximum atomic E-state index is 13.1. The highest BCUT2D eigenvalue weighted by Gasteiger charge is 2.45. The number of carbonyl (C=O) groups excluding carboxylic acids is 1. The number of nitrogens with zero attached hydrogens (tertiary/aromatic N) is 2. The summed E-state index contributed by atoms with van der Waals surface area (Å²) >= 11 is 5.97. The van der Waals surface area contributed by atoms with Gasteiger partial charge in [0.2, 0.25) is 0 Å². The third-order valence-electron chi connectivity index (χ3n) is 4.97. The second-order valence-corrected chi connectivity index (χ2v) is 6.43. The second kappa shape index (κ2) is 5.55. The van der Waals surface area contributed by atoms with Crippen LogP contribution in [0.25, 0.3) is 0 Å². The van der Waals surface area contributed by atoms with Crippen LogP contribution >= 0.6 is 11.6 Å². The van der Waals surface area contributed by atoms with Gasteiger partial charge < -0.3 is 9.80 Å². The van der Waals surface area contributed by atoms with Crippen LogP contribution in [0.15, 0.2) is 18.2 Å². The van der Waals surface area contributed by atoms with Gasteiger partial charge in [-0.3, -0.25) is 9.69 Å². The van der Waals surface area contributed by atoms with Crippen molar-refractivity contribution < 1.29 is 13.7 Å². The van der Waals surface area contributed by atoms with Crippen molar-refractivity contribution in [1.82, 2.24) is 4.90 Å². The molecule has 0 unspecified atom stereocenters. The van der Waals surface area contributed by atoms with Crippen molar-refractivity contribution in [2.24, 2.45) is 0 Å². The van der Waals surface area contributed by atoms with E-state index in [1.807, 2.05) is 6.92 Å². The van der Waals surface area contributed by atoms with Gasteiger partial charge in [0.15, 0.2) is 6.04 Å². The number of hydrogen-bond donors (Lipinski definition) is 1. The van der Waals surface area contributed by atoms with Gasteiger partial charge in [0.25, 0.3) is 5.91 Å². The number of rotatable bonds is 3. The molecular weight excluding hydrogens is 293 g/mol. The molecule has 3 aliphatic heterocycles. The SMILES string of the molecule is C[C@H](C(=O)Nc1ccc(F)cc1Cl)[N+]12CCN(CC1)CC2. The molecular formula is C15H20ClFN3O+. The van der Waals surface area contributed by atoms with Crippen molar-refractivity contribution >= 4 is 23.2 Å². The lowest BCUT2D eigenvalue weighted by Crippen LogP contribution is -2.72. The summed E-state index contributed by atoms with van der Waals surface area (Å²) in [4.78, 5) is 15.0. The van der Waals surface area contributed by atoms with Gasteiger partial charge >= 0.3 is 0 Å². The number of fused-ring (bicyclic) bond motifs is 3. The first-order valence-electron chi connectivity index (χ1n) is 7.34. The van der Waals surface area contributed by atoms with Crippen molar-refractivity contribution in [2.75, 3.05) is 44.6 Å². The first-order valence-corrected chi connectivity index (χ1v) is 7.72. The molecule has 0 radical (unpaired) electrons. The molecule has 6 heteroatoms. The molecule has 0 aromatic heterocycles. The molecule has 3 fully saturated rings. The molecule has 3 saturated heterocycles. The van der Waals surface area contributed by atoms with Gasteiger partial charge in [0.1, 0.15) is 5.82 Å². The molecule has 3 heterocycles. The zero-order chi connectivity index (χ0) is 15.0. The third kappa shape index (κ3) is 2.78. The Kier molecular flexibility index (Phi) is 3.90. The summed E-state index contributed by atoms with van der Waals surface area (Å²) in [6.07, 6.45) is 0. The Labute approximate surface area is 129 Å². The van der Waals surface area contributed by atoms with Crippen molar-refractivity contribution in [2.45, 2.75) is 13.0 Å². The Morgan fingerprint density at radius 3 is 2.52 bits per heavy atom. The highest BCUT2D eigenvalue weighted by molar-refractivity contribution is 6.33. The monoisotopic (exact) mass is 312 g/mol. The molecule has 1 atom stereocenters. The van der Waals surface area contributed by atoms with Gasteiger partial charge in [0.05, 0.1) is 30.3 Å². The Morgan fingerprint density at radius 1 is 1.33 bits per heavy atom. The van der Waals surface area contributed by atoms with E-state index in [1.54, 1.807) is 0 Å². The average molecular weight is 313 g/mol. The zero-order valence-corrected chi connectivity index (χ0v) is 12.9. The van der Waals surface area contributed by atoms with Crippen LogP contribution < -0.4 is 5.32 Å². The molecule has 4 nitrogen and oxygen atoms in total. The fraction of sp³-hybridized carbons (Fsp3) is 0.533. The maximum Gasteiger partial charge on any atom is 0.282 e. The maximum absolute atomic E-state index is 13.1. The lowest BCUT2D eigenvalue weighted by molar-refractivity contribution is -0.953. The highest BCUT2D eigenvalue weighted by Crippen LogP contribution is 2.26. The number of amides is 1. The fourth-order valence-electron chi connectivity index (χ4n) is 3.35. The minimum atomic E-state index is -0.403. The molecule has 21 heavy (non-hydrogen) atoms. The van der Waals surface area contributed by atoms with Gasteiger partial charge in [-0.1, -0.05) is 11.6 Å². The minimum Gasteiger partial charge on any atom is -0.320 e. The first-order chi connectivity index (χ1) is 10.00. The predicted molar refractivity (Wildman–Crippen MR) is 80.8 cm³/mol. The van der Waals surface area contributed by atoms with Crippen molar-refractivity contribution in [3.63, 3.8) is 0 Å². The number of quaternary nitrogens is 1. The molecule has 114 valence electrons. The quantitative estimate of drug-likeness (QED) is 0.865. The van der Waals surface area contributed by atoms with E-state index < -0.39 is 5.82 Å². The molecule has 3 aliphatic rings. The molecule has 4 rings (SSSR count). The van der Waals surface area contributed by atoms with Crippen molar-refractivity contribution in [3.8, 4) is 0 Å². The minimum absolute atomic E-state index is 0.0427. The Balaban J connectivity index is 1.72. The summed E-state index contributed by atoms with van der Waals surface area (Å²) in [6, 6.07) is 3.91. The molecule has 0 saturated carbocycles. The lowest BCUT2D eigenvalue weighted by Gasteiger charge is -2.52. The Bertz CT molecular complexity index is 544. The van der Waals surface area contributed by atoms with E-state index in [1.165, 1.54) is 18.2 Å². The van der Waals surface area contributed by atoms with E-state index in [4.69, 9.17) is 11.6 Å². The van der Waals surface area contributed by atoms with Crippen LogP contribution in [0.1, 0.15) is 6.92 Å². The zero-order valence-electron chi connectivity index (χ0n) is 12.1. The Morgan fingerprint density at radius 2 is 1.95 bits per heavy atom. The number of hydrogen-bond acceptors (Lipinski definition) is 2. The van der Waals surface area contributed by atoms with E-state index in [0.717, 1.165) is 43.8 Å². The van der Waals surface area contributed by atoms with Crippen LogP contribution in [0.2, 0.25) is 5.02 Å². The molecule has 1 N–H and O–H groups in total. The highest BCUT2D eigenvalue weighted by atomic mass is 35.5.